The Morgan fingerprint density at radius 3 is 3.00 bits per heavy atom. The first-order chi connectivity index (χ1) is 11.1. The zero-order valence-corrected chi connectivity index (χ0v) is 14.0. The zero-order valence-electron chi connectivity index (χ0n) is 13.2. The number of anilines is 1. The second-order valence-corrected chi connectivity index (χ2v) is 7.19. The van der Waals surface area contributed by atoms with Crippen molar-refractivity contribution in [3.8, 4) is 6.07 Å². The lowest BCUT2D eigenvalue weighted by molar-refractivity contribution is -0.115. The van der Waals surface area contributed by atoms with Crippen LogP contribution in [0.15, 0.2) is 18.2 Å². The standard InChI is InChI=1S/C17H20N4OS/c1-12-5-8-21(9-6-12)11-13-2-3-14-15(10-13)23-17(19-14)20-16(22)4-7-18/h2-3,10,12H,4-6,8-9,11H2,1H3,(H,19,20,22). The summed E-state index contributed by atoms with van der Waals surface area (Å²) >= 11 is 1.46. The first-order valence-corrected chi connectivity index (χ1v) is 8.74. The van der Waals surface area contributed by atoms with Crippen LogP contribution in [0.3, 0.4) is 0 Å². The van der Waals surface area contributed by atoms with Crippen molar-refractivity contribution in [2.75, 3.05) is 18.4 Å². The van der Waals surface area contributed by atoms with Crippen molar-refractivity contribution < 1.29 is 4.79 Å². The van der Waals surface area contributed by atoms with Gasteiger partial charge in [0.15, 0.2) is 5.13 Å². The molecule has 0 atom stereocenters. The molecule has 120 valence electrons. The van der Waals surface area contributed by atoms with Gasteiger partial charge in [-0.25, -0.2) is 4.98 Å². The fourth-order valence-corrected chi connectivity index (χ4v) is 3.78. The van der Waals surface area contributed by atoms with Gasteiger partial charge < -0.3 is 5.32 Å². The molecule has 23 heavy (non-hydrogen) atoms. The number of piperidine rings is 1. The maximum absolute atomic E-state index is 11.5. The lowest BCUT2D eigenvalue weighted by Gasteiger charge is -2.30. The van der Waals surface area contributed by atoms with E-state index in [0.717, 1.165) is 35.8 Å². The largest absolute Gasteiger partial charge is 0.301 e. The van der Waals surface area contributed by atoms with E-state index in [4.69, 9.17) is 5.26 Å². The van der Waals surface area contributed by atoms with Gasteiger partial charge in [-0.3, -0.25) is 9.69 Å². The molecule has 1 amide bonds. The number of aromatic nitrogens is 1. The highest BCUT2D eigenvalue weighted by molar-refractivity contribution is 7.22. The summed E-state index contributed by atoms with van der Waals surface area (Å²) in [6.07, 6.45) is 2.41. The van der Waals surface area contributed by atoms with E-state index in [1.807, 2.05) is 12.1 Å². The summed E-state index contributed by atoms with van der Waals surface area (Å²) in [7, 11) is 0. The van der Waals surface area contributed by atoms with Crippen LogP contribution in [-0.2, 0) is 11.3 Å². The van der Waals surface area contributed by atoms with Crippen LogP contribution in [-0.4, -0.2) is 28.9 Å². The van der Waals surface area contributed by atoms with Crippen LogP contribution in [0.4, 0.5) is 5.13 Å². The van der Waals surface area contributed by atoms with Gasteiger partial charge in [0.1, 0.15) is 6.42 Å². The number of hydrogen-bond acceptors (Lipinski definition) is 5. The third-order valence-electron chi connectivity index (χ3n) is 4.22. The van der Waals surface area contributed by atoms with Gasteiger partial charge in [-0.15, -0.1) is 0 Å². The number of hydrogen-bond donors (Lipinski definition) is 1. The summed E-state index contributed by atoms with van der Waals surface area (Å²) in [4.78, 5) is 18.4. The molecule has 1 aromatic heterocycles. The van der Waals surface area contributed by atoms with E-state index < -0.39 is 0 Å². The average Bonchev–Trinajstić information content (AvgIpc) is 2.91. The molecule has 1 saturated heterocycles. The van der Waals surface area contributed by atoms with E-state index in [0.29, 0.717) is 5.13 Å². The number of thiazole rings is 1. The molecular weight excluding hydrogens is 308 g/mol. The Kier molecular flexibility index (Phi) is 4.89. The molecule has 0 saturated carbocycles. The molecule has 0 radical (unpaired) electrons. The van der Waals surface area contributed by atoms with Crippen molar-refractivity contribution >= 4 is 32.6 Å². The highest BCUT2D eigenvalue weighted by Gasteiger charge is 2.16. The number of benzene rings is 1. The Labute approximate surface area is 139 Å². The number of carbonyl (C=O) groups is 1. The lowest BCUT2D eigenvalue weighted by Crippen LogP contribution is -2.32. The Morgan fingerprint density at radius 2 is 2.26 bits per heavy atom. The molecule has 1 aliphatic rings. The molecule has 2 heterocycles. The van der Waals surface area contributed by atoms with Crippen LogP contribution < -0.4 is 5.32 Å². The Bertz CT molecular complexity index is 741. The van der Waals surface area contributed by atoms with Crippen molar-refractivity contribution in [2.24, 2.45) is 5.92 Å². The molecule has 1 aromatic carbocycles. The number of amides is 1. The molecule has 5 nitrogen and oxygen atoms in total. The van der Waals surface area contributed by atoms with Gasteiger partial charge in [0.2, 0.25) is 5.91 Å². The number of nitrogens with one attached hydrogen (secondary N) is 1. The van der Waals surface area contributed by atoms with Crippen LogP contribution in [0, 0.1) is 17.2 Å². The average molecular weight is 328 g/mol. The molecule has 6 heteroatoms. The predicted octanol–water partition coefficient (Wildman–Crippen LogP) is 3.38. The van der Waals surface area contributed by atoms with Crippen molar-refractivity contribution in [1.82, 2.24) is 9.88 Å². The van der Waals surface area contributed by atoms with Crippen molar-refractivity contribution in [3.05, 3.63) is 23.8 Å². The van der Waals surface area contributed by atoms with Crippen LogP contribution in [0.5, 0.6) is 0 Å². The molecule has 0 unspecified atom stereocenters. The first kappa shape index (κ1) is 15.9. The molecule has 0 bridgehead atoms. The number of nitrogens with zero attached hydrogens (tertiary/aromatic N) is 3. The monoisotopic (exact) mass is 328 g/mol. The molecule has 0 aliphatic carbocycles. The molecule has 1 fully saturated rings. The second kappa shape index (κ2) is 7.07. The topological polar surface area (TPSA) is 69.0 Å². The normalized spacial score (nSPS) is 16.3. The van der Waals surface area contributed by atoms with Gasteiger partial charge in [0.05, 0.1) is 16.3 Å². The number of rotatable bonds is 4. The van der Waals surface area contributed by atoms with E-state index in [1.54, 1.807) is 0 Å². The SMILES string of the molecule is CC1CCN(Cc2ccc3nc(NC(=O)CC#N)sc3c2)CC1. The summed E-state index contributed by atoms with van der Waals surface area (Å²) in [5, 5.41) is 11.8. The van der Waals surface area contributed by atoms with E-state index in [9.17, 15) is 4.79 Å². The van der Waals surface area contributed by atoms with Crippen molar-refractivity contribution in [3.63, 3.8) is 0 Å². The highest BCUT2D eigenvalue weighted by atomic mass is 32.1. The first-order valence-electron chi connectivity index (χ1n) is 7.92. The molecule has 2 aromatic rings. The van der Waals surface area contributed by atoms with Gasteiger partial charge in [-0.05, 0) is 49.5 Å². The van der Waals surface area contributed by atoms with Gasteiger partial charge in [0, 0.05) is 6.54 Å². The quantitative estimate of drug-likeness (QED) is 0.934. The maximum Gasteiger partial charge on any atom is 0.240 e. The van der Waals surface area contributed by atoms with Gasteiger partial charge >= 0.3 is 0 Å². The van der Waals surface area contributed by atoms with Crippen LogP contribution >= 0.6 is 11.3 Å². The van der Waals surface area contributed by atoms with Crippen molar-refractivity contribution in [1.29, 1.82) is 5.26 Å². The summed E-state index contributed by atoms with van der Waals surface area (Å²) in [5.74, 6) is 0.532. The molecule has 1 N–H and O–H groups in total. The third-order valence-corrected chi connectivity index (χ3v) is 5.15. The number of likely N-dealkylation sites (tertiary alicyclic amines) is 1. The van der Waals surface area contributed by atoms with Crippen molar-refractivity contribution in [2.45, 2.75) is 32.7 Å². The Morgan fingerprint density at radius 1 is 1.48 bits per heavy atom. The fourth-order valence-electron chi connectivity index (χ4n) is 2.83. The molecule has 3 rings (SSSR count). The van der Waals surface area contributed by atoms with Crippen LogP contribution in [0.25, 0.3) is 10.2 Å². The minimum Gasteiger partial charge on any atom is -0.301 e. The molecule has 0 spiro atoms. The van der Waals surface area contributed by atoms with Gasteiger partial charge in [-0.2, -0.15) is 5.26 Å². The lowest BCUT2D eigenvalue weighted by atomic mass is 9.99. The molecule has 1 aliphatic heterocycles. The smallest absolute Gasteiger partial charge is 0.240 e. The Hall–Kier alpha value is -1.97. The van der Waals surface area contributed by atoms with Gasteiger partial charge in [-0.1, -0.05) is 24.3 Å². The molecular formula is C17H20N4OS. The van der Waals surface area contributed by atoms with E-state index in [1.165, 1.54) is 29.7 Å². The zero-order chi connectivity index (χ0) is 16.2. The summed E-state index contributed by atoms with van der Waals surface area (Å²) in [6, 6.07) is 8.12. The van der Waals surface area contributed by atoms with E-state index >= 15 is 0 Å². The van der Waals surface area contributed by atoms with E-state index in [2.05, 4.69) is 34.3 Å². The summed E-state index contributed by atoms with van der Waals surface area (Å²) < 4.78 is 1.07. The predicted molar refractivity (Wildman–Crippen MR) is 92.2 cm³/mol. The van der Waals surface area contributed by atoms with E-state index in [-0.39, 0.29) is 12.3 Å². The highest BCUT2D eigenvalue weighted by Crippen LogP contribution is 2.28. The third kappa shape index (κ3) is 4.06. The van der Waals surface area contributed by atoms with Crippen LogP contribution in [0.2, 0.25) is 0 Å². The minimum absolute atomic E-state index is 0.144. The number of fused-ring (bicyclic) bond motifs is 1. The number of carbonyl (C=O) groups excluding carboxylic acids is 1. The van der Waals surface area contributed by atoms with Gasteiger partial charge in [0.25, 0.3) is 0 Å². The summed E-state index contributed by atoms with van der Waals surface area (Å²) in [5.41, 5.74) is 2.17. The Balaban J connectivity index is 1.69. The maximum atomic E-state index is 11.5. The minimum atomic E-state index is -0.311. The number of nitriles is 1. The fraction of sp³-hybridized carbons (Fsp3) is 0.471. The second-order valence-electron chi connectivity index (χ2n) is 6.16. The van der Waals surface area contributed by atoms with Crippen LogP contribution in [0.1, 0.15) is 31.7 Å². The summed E-state index contributed by atoms with van der Waals surface area (Å²) in [6.45, 7) is 5.62.